The van der Waals surface area contributed by atoms with Gasteiger partial charge in [0.05, 0.1) is 0 Å². The van der Waals surface area contributed by atoms with Crippen LogP contribution in [-0.4, -0.2) is 0 Å². The van der Waals surface area contributed by atoms with Crippen LogP contribution in [0.3, 0.4) is 0 Å². The van der Waals surface area contributed by atoms with Gasteiger partial charge in [-0.15, -0.1) is 0 Å². The monoisotopic (exact) mass is 722 g/mol. The Morgan fingerprint density at radius 3 is 1.35 bits per heavy atom. The van der Waals surface area contributed by atoms with Gasteiger partial charge in [0.25, 0.3) is 0 Å². The predicted molar refractivity (Wildman–Crippen MR) is 213 cm³/mol. The van der Waals surface area contributed by atoms with E-state index in [9.17, 15) is 0 Å². The van der Waals surface area contributed by atoms with E-state index in [1.54, 1.807) is 0 Å². The first-order valence-electron chi connectivity index (χ1n) is 16.3. The highest BCUT2D eigenvalue weighted by molar-refractivity contribution is 14.1. The molecular weight excluding hydrogens is 695 g/mol. The molecule has 0 saturated carbocycles. The van der Waals surface area contributed by atoms with Crippen LogP contribution >= 0.6 is 22.6 Å². The van der Waals surface area contributed by atoms with Crippen LogP contribution in [0, 0.1) is 3.57 Å². The zero-order valence-corrected chi connectivity index (χ0v) is 28.0. The Labute approximate surface area is 291 Å². The molecule has 0 unspecified atom stereocenters. The number of benzene rings is 9. The lowest BCUT2D eigenvalue weighted by Crippen LogP contribution is -1.90. The van der Waals surface area contributed by atoms with Gasteiger partial charge in [-0.05, 0) is 100 Å². The van der Waals surface area contributed by atoms with E-state index in [0.717, 1.165) is 33.1 Å². The van der Waals surface area contributed by atoms with Gasteiger partial charge in [0.2, 0.25) is 0 Å². The molecule has 0 saturated heterocycles. The molecule has 0 aliphatic carbocycles. The normalized spacial score (nSPS) is 11.9. The molecule has 9 aromatic carbocycles. The van der Waals surface area contributed by atoms with E-state index in [2.05, 4.69) is 186 Å². The summed E-state index contributed by atoms with van der Waals surface area (Å²) >= 11 is 2.50. The highest BCUT2D eigenvalue weighted by atomic mass is 127. The summed E-state index contributed by atoms with van der Waals surface area (Å²) in [6, 6.07) is 59.2. The smallest absolute Gasteiger partial charge is 0.143 e. The first kappa shape index (κ1) is 27.6. The molecule has 0 atom stereocenters. The lowest BCUT2D eigenvalue weighted by molar-refractivity contribution is 0.670. The molecular formula is C46H27IO. The summed E-state index contributed by atoms with van der Waals surface area (Å²) < 4.78 is 8.22. The van der Waals surface area contributed by atoms with E-state index in [0.29, 0.717) is 0 Å². The van der Waals surface area contributed by atoms with Crippen LogP contribution in [0.25, 0.3) is 98.4 Å². The zero-order valence-electron chi connectivity index (χ0n) is 25.9. The second-order valence-electron chi connectivity index (χ2n) is 12.5. The number of furan rings is 1. The number of rotatable bonds is 3. The maximum absolute atomic E-state index is 6.94. The molecule has 0 bridgehead atoms. The summed E-state index contributed by atoms with van der Waals surface area (Å²) in [5.74, 6) is 0. The molecule has 0 aliphatic heterocycles. The van der Waals surface area contributed by atoms with Gasteiger partial charge in [0.15, 0.2) is 0 Å². The van der Waals surface area contributed by atoms with Crippen molar-refractivity contribution in [2.45, 2.75) is 0 Å². The van der Waals surface area contributed by atoms with Crippen molar-refractivity contribution in [1.82, 2.24) is 0 Å². The fourth-order valence-electron chi connectivity index (χ4n) is 7.87. The second-order valence-corrected chi connectivity index (χ2v) is 13.6. The molecule has 1 aromatic heterocycles. The molecule has 224 valence electrons. The lowest BCUT2D eigenvalue weighted by atomic mass is 9.86. The summed E-state index contributed by atoms with van der Waals surface area (Å²) in [7, 11) is 0. The number of hydrogen-bond acceptors (Lipinski definition) is 1. The highest BCUT2D eigenvalue weighted by Gasteiger charge is 2.20. The standard InChI is InChI=1S/C46H27IO/c47-45-37-21-10-8-19-35(37)44(36-20-9-11-22-38(36)45)40-24-12-23-39-30-26-25-29(27-41(30)48-46(39)40)43-33-17-6-4-15-31(33)42(28-13-2-1-3-14-28)32-16-5-7-18-34(32)43/h1-27H. The Morgan fingerprint density at radius 2 is 0.792 bits per heavy atom. The Hall–Kier alpha value is -5.45. The SMILES string of the molecule is Ic1c2ccccc2c(-c2cccc3c2oc2cc(-c4c5ccccc5c(-c5ccccc5)c5ccccc45)ccc23)c2ccccc12. The molecule has 0 spiro atoms. The third kappa shape index (κ3) is 4.02. The van der Waals surface area contributed by atoms with Gasteiger partial charge in [-0.1, -0.05) is 152 Å². The van der Waals surface area contributed by atoms with Gasteiger partial charge in [0, 0.05) is 25.5 Å². The topological polar surface area (TPSA) is 13.1 Å². The molecule has 10 rings (SSSR count). The molecule has 0 N–H and O–H groups in total. The van der Waals surface area contributed by atoms with Crippen molar-refractivity contribution in [2.75, 3.05) is 0 Å². The molecule has 48 heavy (non-hydrogen) atoms. The van der Waals surface area contributed by atoms with Crippen molar-refractivity contribution in [3.8, 4) is 33.4 Å². The summed E-state index contributed by atoms with van der Waals surface area (Å²) in [6.45, 7) is 0. The van der Waals surface area contributed by atoms with E-state index in [-0.39, 0.29) is 0 Å². The van der Waals surface area contributed by atoms with E-state index in [4.69, 9.17) is 4.42 Å². The third-order valence-electron chi connectivity index (χ3n) is 9.92. The minimum atomic E-state index is 0.898. The van der Waals surface area contributed by atoms with Crippen molar-refractivity contribution < 1.29 is 4.42 Å². The van der Waals surface area contributed by atoms with Gasteiger partial charge in [-0.2, -0.15) is 0 Å². The molecule has 10 aromatic rings. The van der Waals surface area contributed by atoms with Crippen molar-refractivity contribution in [3.63, 3.8) is 0 Å². The number of para-hydroxylation sites is 1. The van der Waals surface area contributed by atoms with Crippen molar-refractivity contribution in [1.29, 1.82) is 0 Å². The Morgan fingerprint density at radius 1 is 0.333 bits per heavy atom. The van der Waals surface area contributed by atoms with Crippen LogP contribution in [0.15, 0.2) is 168 Å². The van der Waals surface area contributed by atoms with Crippen LogP contribution in [0.4, 0.5) is 0 Å². The largest absolute Gasteiger partial charge is 0.455 e. The average molecular weight is 723 g/mol. The Bertz CT molecular complexity index is 2780. The first-order chi connectivity index (χ1) is 23.8. The van der Waals surface area contributed by atoms with E-state index < -0.39 is 0 Å². The van der Waals surface area contributed by atoms with Crippen LogP contribution in [0.5, 0.6) is 0 Å². The first-order valence-corrected chi connectivity index (χ1v) is 17.4. The van der Waals surface area contributed by atoms with E-state index in [1.807, 2.05) is 0 Å². The van der Waals surface area contributed by atoms with Gasteiger partial charge < -0.3 is 4.42 Å². The van der Waals surface area contributed by atoms with E-state index in [1.165, 1.54) is 68.9 Å². The minimum Gasteiger partial charge on any atom is -0.455 e. The summed E-state index contributed by atoms with van der Waals surface area (Å²) in [4.78, 5) is 0. The van der Waals surface area contributed by atoms with E-state index >= 15 is 0 Å². The fourth-order valence-corrected chi connectivity index (χ4v) is 8.81. The molecule has 0 aliphatic rings. The summed E-state index contributed by atoms with van der Waals surface area (Å²) in [6.07, 6.45) is 0. The molecule has 0 amide bonds. The molecule has 1 nitrogen and oxygen atoms in total. The fraction of sp³-hybridized carbons (Fsp3) is 0. The molecule has 2 heteroatoms. The summed E-state index contributed by atoms with van der Waals surface area (Å²) in [5.41, 5.74) is 9.06. The quantitative estimate of drug-likeness (QED) is 0.131. The molecule has 1 heterocycles. The van der Waals surface area contributed by atoms with Crippen molar-refractivity contribution in [2.24, 2.45) is 0 Å². The minimum absolute atomic E-state index is 0.898. The zero-order chi connectivity index (χ0) is 31.8. The summed E-state index contributed by atoms with van der Waals surface area (Å²) in [5, 5.41) is 12.3. The van der Waals surface area contributed by atoms with Crippen LogP contribution < -0.4 is 0 Å². The van der Waals surface area contributed by atoms with Crippen molar-refractivity contribution >= 4 is 87.6 Å². The third-order valence-corrected chi connectivity index (χ3v) is 11.1. The van der Waals surface area contributed by atoms with Gasteiger partial charge in [-0.25, -0.2) is 0 Å². The Balaban J connectivity index is 1.26. The van der Waals surface area contributed by atoms with Crippen molar-refractivity contribution in [3.05, 3.63) is 167 Å². The number of halogens is 1. The average Bonchev–Trinajstić information content (AvgIpc) is 3.53. The van der Waals surface area contributed by atoms with Gasteiger partial charge in [0.1, 0.15) is 11.2 Å². The predicted octanol–water partition coefficient (Wildman–Crippen LogP) is 13.8. The second kappa shape index (κ2) is 10.8. The van der Waals surface area contributed by atoms with Crippen LogP contribution in [0.1, 0.15) is 0 Å². The van der Waals surface area contributed by atoms with Crippen LogP contribution in [-0.2, 0) is 0 Å². The molecule has 0 fully saturated rings. The molecule has 0 radical (unpaired) electrons. The maximum Gasteiger partial charge on any atom is 0.143 e. The van der Waals surface area contributed by atoms with Gasteiger partial charge in [-0.3, -0.25) is 0 Å². The Kier molecular flexibility index (Phi) is 6.22. The maximum atomic E-state index is 6.94. The highest BCUT2D eigenvalue weighted by Crippen LogP contribution is 2.47. The number of hydrogen-bond donors (Lipinski definition) is 0. The lowest BCUT2D eigenvalue weighted by Gasteiger charge is -2.17. The van der Waals surface area contributed by atoms with Crippen LogP contribution in [0.2, 0.25) is 0 Å². The number of fused-ring (bicyclic) bond motifs is 7. The van der Waals surface area contributed by atoms with Gasteiger partial charge >= 0.3 is 0 Å².